The molecular formula is C23H21F3N6O2. The van der Waals surface area contributed by atoms with Gasteiger partial charge < -0.3 is 14.6 Å². The molecule has 11 heteroatoms. The van der Waals surface area contributed by atoms with Crippen LogP contribution in [-0.2, 0) is 0 Å². The predicted molar refractivity (Wildman–Crippen MR) is 117 cm³/mol. The van der Waals surface area contributed by atoms with Crippen LogP contribution >= 0.6 is 0 Å². The summed E-state index contributed by atoms with van der Waals surface area (Å²) in [5.74, 6) is -2.65. The van der Waals surface area contributed by atoms with Crippen molar-refractivity contribution in [2.24, 2.45) is 5.92 Å². The Morgan fingerprint density at radius 3 is 2.74 bits per heavy atom. The number of hydrogen-bond acceptors (Lipinski definition) is 6. The van der Waals surface area contributed by atoms with Crippen LogP contribution in [0.5, 0.6) is 0 Å². The lowest BCUT2D eigenvalue weighted by atomic mass is 9.90. The molecule has 1 aliphatic rings. The summed E-state index contributed by atoms with van der Waals surface area (Å²) in [6.45, 7) is 2.71. The number of nitrogens with zero attached hydrogens (tertiary/aromatic N) is 5. The van der Waals surface area contributed by atoms with Crippen molar-refractivity contribution in [2.75, 3.05) is 18.4 Å². The number of oxazole rings is 1. The fourth-order valence-electron chi connectivity index (χ4n) is 4.40. The minimum atomic E-state index is -0.932. The SMILES string of the molecule is CC1CCCN(C(=O)c2cc(F)cc(F)c2-n2nccn2)C1CNc1nc2cc(F)ccc2o1. The number of fused-ring (bicyclic) bond motifs is 1. The minimum absolute atomic E-state index is 0.0942. The lowest BCUT2D eigenvalue weighted by Crippen LogP contribution is -2.51. The second-order valence-corrected chi connectivity index (χ2v) is 8.30. The number of hydrogen-bond donors (Lipinski definition) is 1. The fourth-order valence-corrected chi connectivity index (χ4v) is 4.40. The van der Waals surface area contributed by atoms with E-state index in [1.165, 1.54) is 30.6 Å². The van der Waals surface area contributed by atoms with Crippen LogP contribution in [0.2, 0.25) is 0 Å². The van der Waals surface area contributed by atoms with E-state index in [4.69, 9.17) is 4.42 Å². The summed E-state index contributed by atoms with van der Waals surface area (Å²) >= 11 is 0. The van der Waals surface area contributed by atoms with Crippen molar-refractivity contribution >= 4 is 23.0 Å². The van der Waals surface area contributed by atoms with Crippen molar-refractivity contribution in [3.63, 3.8) is 0 Å². The molecule has 0 aliphatic carbocycles. The lowest BCUT2D eigenvalue weighted by Gasteiger charge is -2.40. The zero-order chi connectivity index (χ0) is 23.8. The highest BCUT2D eigenvalue weighted by Crippen LogP contribution is 2.29. The highest BCUT2D eigenvalue weighted by Gasteiger charge is 2.34. The largest absolute Gasteiger partial charge is 0.424 e. The maximum atomic E-state index is 14.7. The summed E-state index contributed by atoms with van der Waals surface area (Å²) in [5.41, 5.74) is 0.436. The molecule has 176 valence electrons. The summed E-state index contributed by atoms with van der Waals surface area (Å²) in [6.07, 6.45) is 4.32. The average Bonchev–Trinajstić information content (AvgIpc) is 3.46. The number of carbonyl (C=O) groups is 1. The van der Waals surface area contributed by atoms with Crippen LogP contribution in [0.15, 0.2) is 47.1 Å². The summed E-state index contributed by atoms with van der Waals surface area (Å²) in [5, 5.41) is 10.9. The number of aromatic nitrogens is 4. The van der Waals surface area contributed by atoms with Gasteiger partial charge in [0.1, 0.15) is 22.8 Å². The number of likely N-dealkylation sites (tertiary alicyclic amines) is 1. The summed E-state index contributed by atoms with van der Waals surface area (Å²) in [6, 6.07) is 5.64. The van der Waals surface area contributed by atoms with Crippen molar-refractivity contribution < 1.29 is 22.4 Å². The first-order valence-corrected chi connectivity index (χ1v) is 10.9. The maximum absolute atomic E-state index is 14.7. The van der Waals surface area contributed by atoms with Crippen LogP contribution in [0.4, 0.5) is 19.2 Å². The molecule has 0 bridgehead atoms. The van der Waals surface area contributed by atoms with E-state index in [9.17, 15) is 18.0 Å². The van der Waals surface area contributed by atoms with Gasteiger partial charge in [-0.1, -0.05) is 6.92 Å². The van der Waals surface area contributed by atoms with Gasteiger partial charge in [0.2, 0.25) is 0 Å². The Balaban J connectivity index is 1.43. The van der Waals surface area contributed by atoms with E-state index in [0.29, 0.717) is 23.7 Å². The second-order valence-electron chi connectivity index (χ2n) is 8.30. The van der Waals surface area contributed by atoms with Crippen LogP contribution in [0.25, 0.3) is 16.8 Å². The molecule has 1 saturated heterocycles. The average molecular weight is 470 g/mol. The number of carbonyl (C=O) groups excluding carboxylic acids is 1. The van der Waals surface area contributed by atoms with Crippen LogP contribution < -0.4 is 5.32 Å². The molecule has 2 aromatic heterocycles. The Morgan fingerprint density at radius 2 is 1.94 bits per heavy atom. The molecular weight excluding hydrogens is 449 g/mol. The summed E-state index contributed by atoms with van der Waals surface area (Å²) < 4.78 is 47.9. The quantitative estimate of drug-likeness (QED) is 0.471. The van der Waals surface area contributed by atoms with E-state index in [1.807, 2.05) is 6.92 Å². The van der Waals surface area contributed by atoms with Gasteiger partial charge in [0.25, 0.3) is 11.9 Å². The molecule has 0 spiro atoms. The van der Waals surface area contributed by atoms with Gasteiger partial charge >= 0.3 is 0 Å². The van der Waals surface area contributed by atoms with E-state index in [1.54, 1.807) is 4.90 Å². The molecule has 2 unspecified atom stereocenters. The molecule has 2 atom stereocenters. The van der Waals surface area contributed by atoms with Crippen LogP contribution in [0.3, 0.4) is 0 Å². The lowest BCUT2D eigenvalue weighted by molar-refractivity contribution is 0.0538. The number of rotatable bonds is 5. The zero-order valence-electron chi connectivity index (χ0n) is 18.2. The molecule has 2 aromatic carbocycles. The smallest absolute Gasteiger partial charge is 0.295 e. The van der Waals surface area contributed by atoms with Crippen molar-refractivity contribution in [1.82, 2.24) is 24.9 Å². The predicted octanol–water partition coefficient (Wildman–Crippen LogP) is 4.18. The third-order valence-corrected chi connectivity index (χ3v) is 6.07. The van der Waals surface area contributed by atoms with E-state index in [-0.39, 0.29) is 35.8 Å². The number of anilines is 1. The minimum Gasteiger partial charge on any atom is -0.424 e. The van der Waals surface area contributed by atoms with Gasteiger partial charge in [0.05, 0.1) is 24.0 Å². The van der Waals surface area contributed by atoms with Gasteiger partial charge in [-0.15, -0.1) is 4.80 Å². The standard InChI is InChI=1S/C23H21F3N6O2/c1-13-3-2-8-31(19(13)12-27-23-30-18-11-14(24)4-5-20(18)34-23)22(33)16-9-15(25)10-17(26)21(16)32-28-6-7-29-32/h4-7,9-11,13,19H,2-3,8,12H2,1H3,(H,27,30). The Morgan fingerprint density at radius 1 is 1.15 bits per heavy atom. The van der Waals surface area contributed by atoms with Gasteiger partial charge in [0, 0.05) is 25.2 Å². The molecule has 0 saturated carbocycles. The molecule has 8 nitrogen and oxygen atoms in total. The van der Waals surface area contributed by atoms with Crippen molar-refractivity contribution in [3.8, 4) is 5.69 Å². The first-order valence-electron chi connectivity index (χ1n) is 10.9. The highest BCUT2D eigenvalue weighted by molar-refractivity contribution is 5.98. The van der Waals surface area contributed by atoms with Gasteiger partial charge in [-0.25, -0.2) is 13.2 Å². The second kappa shape index (κ2) is 8.81. The fraction of sp³-hybridized carbons (Fsp3) is 0.304. The van der Waals surface area contributed by atoms with Crippen molar-refractivity contribution in [1.29, 1.82) is 0 Å². The Kier molecular flexibility index (Phi) is 5.68. The van der Waals surface area contributed by atoms with E-state index in [2.05, 4.69) is 20.5 Å². The molecule has 34 heavy (non-hydrogen) atoms. The number of benzene rings is 2. The normalized spacial score (nSPS) is 18.4. The molecule has 1 fully saturated rings. The van der Waals surface area contributed by atoms with Crippen molar-refractivity contribution in [2.45, 2.75) is 25.8 Å². The van der Waals surface area contributed by atoms with Crippen LogP contribution in [0, 0.1) is 23.4 Å². The third-order valence-electron chi connectivity index (χ3n) is 6.07. The maximum Gasteiger partial charge on any atom is 0.295 e. The number of nitrogens with one attached hydrogen (secondary N) is 1. The van der Waals surface area contributed by atoms with E-state index >= 15 is 0 Å². The molecule has 4 aromatic rings. The molecule has 5 rings (SSSR count). The Labute approximate surface area is 192 Å². The number of halogens is 3. The molecule has 0 radical (unpaired) electrons. The van der Waals surface area contributed by atoms with Gasteiger partial charge in [-0.3, -0.25) is 4.79 Å². The van der Waals surface area contributed by atoms with Crippen molar-refractivity contribution in [3.05, 3.63) is 65.7 Å². The number of piperidine rings is 1. The Bertz CT molecular complexity index is 1340. The van der Waals surface area contributed by atoms with Gasteiger partial charge in [-0.05, 0) is 37.0 Å². The zero-order valence-corrected chi connectivity index (χ0v) is 18.2. The topological polar surface area (TPSA) is 89.1 Å². The Hall–Kier alpha value is -3.89. The highest BCUT2D eigenvalue weighted by atomic mass is 19.1. The first-order chi connectivity index (χ1) is 16.4. The molecule has 3 heterocycles. The number of amides is 1. The van der Waals surface area contributed by atoms with E-state index < -0.39 is 23.4 Å². The first kappa shape index (κ1) is 21.9. The van der Waals surface area contributed by atoms with E-state index in [0.717, 1.165) is 23.7 Å². The third kappa shape index (κ3) is 4.09. The van der Waals surface area contributed by atoms with Crippen LogP contribution in [0.1, 0.15) is 30.1 Å². The molecule has 1 amide bonds. The summed E-state index contributed by atoms with van der Waals surface area (Å²) in [4.78, 5) is 20.4. The monoisotopic (exact) mass is 470 g/mol. The molecule has 1 aliphatic heterocycles. The molecule has 1 N–H and O–H groups in total. The van der Waals surface area contributed by atoms with Gasteiger partial charge in [0.15, 0.2) is 11.4 Å². The summed E-state index contributed by atoms with van der Waals surface area (Å²) in [7, 11) is 0. The van der Waals surface area contributed by atoms with Gasteiger partial charge in [-0.2, -0.15) is 15.2 Å². The van der Waals surface area contributed by atoms with Crippen LogP contribution in [-0.4, -0.2) is 49.9 Å².